The van der Waals surface area contributed by atoms with Crippen molar-refractivity contribution in [2.24, 2.45) is 0 Å². The topological polar surface area (TPSA) is 109 Å². The Hall–Kier alpha value is -3.55. The number of hydrogen-bond donors (Lipinski definition) is 3. The molecule has 0 saturated heterocycles. The molecule has 3 heterocycles. The molecule has 1 fully saturated rings. The average Bonchev–Trinajstić information content (AvgIpc) is 2.80. The number of nitrogens with zero attached hydrogens (tertiary/aromatic N) is 3. The first kappa shape index (κ1) is 22.6. The molecule has 0 aromatic carbocycles. The molecule has 1 saturated carbocycles. The van der Waals surface area contributed by atoms with Crippen LogP contribution in [0.25, 0.3) is 22.3 Å². The number of aromatic nitrogens is 3. The quantitative estimate of drug-likeness (QED) is 0.533. The fourth-order valence-electron chi connectivity index (χ4n) is 4.28. The van der Waals surface area contributed by atoms with Crippen LogP contribution in [0.2, 0.25) is 0 Å². The third kappa shape index (κ3) is 5.45. The summed E-state index contributed by atoms with van der Waals surface area (Å²) in [6.07, 6.45) is 8.48. The molecule has 3 aromatic heterocycles. The molecule has 0 unspecified atom stereocenters. The number of carbonyl (C=O) groups excluding carboxylic acids is 2. The Morgan fingerprint density at radius 1 is 1.00 bits per heavy atom. The third-order valence-corrected chi connectivity index (χ3v) is 5.82. The highest BCUT2D eigenvalue weighted by atomic mass is 16.2. The van der Waals surface area contributed by atoms with Crippen molar-refractivity contribution in [1.29, 1.82) is 0 Å². The van der Waals surface area contributed by atoms with Gasteiger partial charge in [0.2, 0.25) is 5.91 Å². The van der Waals surface area contributed by atoms with Crippen LogP contribution in [-0.2, 0) is 4.79 Å². The van der Waals surface area contributed by atoms with Crippen molar-refractivity contribution in [3.63, 3.8) is 0 Å². The van der Waals surface area contributed by atoms with Gasteiger partial charge in [-0.25, -0.2) is 4.98 Å². The van der Waals surface area contributed by atoms with Crippen molar-refractivity contribution in [3.05, 3.63) is 48.4 Å². The lowest BCUT2D eigenvalue weighted by atomic mass is 9.91. The first-order chi connectivity index (χ1) is 15.9. The average molecular weight is 447 g/mol. The summed E-state index contributed by atoms with van der Waals surface area (Å²) in [5, 5.41) is 9.55. The van der Waals surface area contributed by atoms with Gasteiger partial charge in [-0.1, -0.05) is 0 Å². The Bertz CT molecular complexity index is 1140. The fourth-order valence-corrected chi connectivity index (χ4v) is 4.28. The minimum absolute atomic E-state index is 0.00715. The van der Waals surface area contributed by atoms with Gasteiger partial charge in [-0.2, -0.15) is 0 Å². The van der Waals surface area contributed by atoms with Gasteiger partial charge in [0, 0.05) is 49.2 Å². The number of amides is 2. The molecule has 3 aromatic rings. The van der Waals surface area contributed by atoms with Gasteiger partial charge < -0.3 is 16.0 Å². The number of nitrogens with one attached hydrogen (secondary N) is 3. The van der Waals surface area contributed by atoms with Crippen LogP contribution in [0.15, 0.2) is 42.9 Å². The van der Waals surface area contributed by atoms with Gasteiger partial charge in [0.1, 0.15) is 5.52 Å². The van der Waals surface area contributed by atoms with Crippen molar-refractivity contribution in [2.45, 2.75) is 64.6 Å². The van der Waals surface area contributed by atoms with Crippen LogP contribution < -0.4 is 16.0 Å². The van der Waals surface area contributed by atoms with Crippen LogP contribution in [0, 0.1) is 0 Å². The molecule has 2 amide bonds. The normalized spacial score (nSPS) is 18.2. The summed E-state index contributed by atoms with van der Waals surface area (Å²) in [6.45, 7) is 5.60. The van der Waals surface area contributed by atoms with Crippen LogP contribution in [0.3, 0.4) is 0 Å². The largest absolute Gasteiger partial charge is 0.380 e. The minimum Gasteiger partial charge on any atom is -0.380 e. The molecule has 172 valence electrons. The van der Waals surface area contributed by atoms with Gasteiger partial charge in [-0.15, -0.1) is 0 Å². The summed E-state index contributed by atoms with van der Waals surface area (Å²) < 4.78 is 0. The van der Waals surface area contributed by atoms with E-state index in [1.807, 2.05) is 38.1 Å². The molecule has 3 N–H and O–H groups in total. The van der Waals surface area contributed by atoms with Crippen molar-refractivity contribution in [1.82, 2.24) is 25.6 Å². The molecular weight excluding hydrogens is 416 g/mol. The number of rotatable bonds is 6. The molecule has 8 heteroatoms. The van der Waals surface area contributed by atoms with Gasteiger partial charge in [0.15, 0.2) is 0 Å². The Kier molecular flexibility index (Phi) is 6.82. The second-order valence-corrected chi connectivity index (χ2v) is 8.87. The summed E-state index contributed by atoms with van der Waals surface area (Å²) >= 11 is 0. The van der Waals surface area contributed by atoms with Gasteiger partial charge in [-0.05, 0) is 63.8 Å². The van der Waals surface area contributed by atoms with E-state index in [0.717, 1.165) is 42.5 Å². The second kappa shape index (κ2) is 9.94. The van der Waals surface area contributed by atoms with E-state index in [4.69, 9.17) is 4.98 Å². The maximum atomic E-state index is 13.3. The molecule has 0 bridgehead atoms. The van der Waals surface area contributed by atoms with Crippen molar-refractivity contribution < 1.29 is 9.59 Å². The zero-order valence-electron chi connectivity index (χ0n) is 19.3. The molecular formula is C25H30N6O2. The van der Waals surface area contributed by atoms with Crippen LogP contribution >= 0.6 is 0 Å². The molecule has 33 heavy (non-hydrogen) atoms. The number of hydrogen-bond acceptors (Lipinski definition) is 6. The highest BCUT2D eigenvalue weighted by molar-refractivity contribution is 6.06. The molecule has 0 atom stereocenters. The van der Waals surface area contributed by atoms with E-state index in [-0.39, 0.29) is 29.9 Å². The maximum absolute atomic E-state index is 13.3. The third-order valence-electron chi connectivity index (χ3n) is 5.82. The van der Waals surface area contributed by atoms with Crippen molar-refractivity contribution in [3.8, 4) is 11.3 Å². The number of pyridine rings is 3. The van der Waals surface area contributed by atoms with E-state index in [1.165, 1.54) is 6.92 Å². The summed E-state index contributed by atoms with van der Waals surface area (Å²) in [7, 11) is 0. The molecule has 0 radical (unpaired) electrons. The molecule has 8 nitrogen and oxygen atoms in total. The van der Waals surface area contributed by atoms with E-state index in [2.05, 4.69) is 25.9 Å². The van der Waals surface area contributed by atoms with E-state index in [9.17, 15) is 9.59 Å². The zero-order chi connectivity index (χ0) is 23.4. The molecule has 4 rings (SSSR count). The Balaban J connectivity index is 1.61. The van der Waals surface area contributed by atoms with Gasteiger partial charge in [0.05, 0.1) is 22.5 Å². The van der Waals surface area contributed by atoms with E-state index < -0.39 is 0 Å². The SMILES string of the molecule is CC(=O)NC1CCC(NC(=O)c2cnc3ccc(-c4cccnc4)nc3c2NC(C)C)CC1. The van der Waals surface area contributed by atoms with E-state index in [1.54, 1.807) is 18.6 Å². The maximum Gasteiger partial charge on any atom is 0.255 e. The number of carbonyl (C=O) groups is 2. The monoisotopic (exact) mass is 446 g/mol. The van der Waals surface area contributed by atoms with Crippen LogP contribution in [-0.4, -0.2) is 44.9 Å². The Labute approximate surface area is 193 Å². The van der Waals surface area contributed by atoms with E-state index >= 15 is 0 Å². The van der Waals surface area contributed by atoms with Crippen molar-refractivity contribution >= 4 is 28.5 Å². The number of anilines is 1. The molecule has 0 aliphatic heterocycles. The summed E-state index contributed by atoms with van der Waals surface area (Å²) in [5.74, 6) is -0.170. The summed E-state index contributed by atoms with van der Waals surface area (Å²) in [6, 6.07) is 8.03. The van der Waals surface area contributed by atoms with E-state index in [0.29, 0.717) is 16.8 Å². The highest BCUT2D eigenvalue weighted by Crippen LogP contribution is 2.29. The summed E-state index contributed by atoms with van der Waals surface area (Å²) in [4.78, 5) is 38.1. The molecule has 0 spiro atoms. The lowest BCUT2D eigenvalue weighted by Gasteiger charge is -2.29. The smallest absolute Gasteiger partial charge is 0.255 e. The lowest BCUT2D eigenvalue weighted by molar-refractivity contribution is -0.119. The zero-order valence-corrected chi connectivity index (χ0v) is 19.3. The van der Waals surface area contributed by atoms with Gasteiger partial charge >= 0.3 is 0 Å². The van der Waals surface area contributed by atoms with Gasteiger partial charge in [0.25, 0.3) is 5.91 Å². The Morgan fingerprint density at radius 2 is 1.73 bits per heavy atom. The second-order valence-electron chi connectivity index (χ2n) is 8.87. The lowest BCUT2D eigenvalue weighted by Crippen LogP contribution is -2.43. The standard InChI is InChI=1S/C25H30N6O2/c1-15(2)28-23-20(25(33)30-19-8-6-18(7-9-19)29-16(3)32)14-27-22-11-10-21(31-24(22)23)17-5-4-12-26-13-17/h4-5,10-15,18-19H,6-9H2,1-3H3,(H,27,28)(H,29,32)(H,30,33). The summed E-state index contributed by atoms with van der Waals surface area (Å²) in [5.41, 5.74) is 4.23. The Morgan fingerprint density at radius 3 is 2.36 bits per heavy atom. The first-order valence-electron chi connectivity index (χ1n) is 11.5. The first-order valence-corrected chi connectivity index (χ1v) is 11.5. The molecule has 1 aliphatic rings. The fraction of sp³-hybridized carbons (Fsp3) is 0.400. The highest BCUT2D eigenvalue weighted by Gasteiger charge is 2.25. The van der Waals surface area contributed by atoms with Gasteiger partial charge in [-0.3, -0.25) is 19.6 Å². The van der Waals surface area contributed by atoms with Crippen LogP contribution in [0.4, 0.5) is 5.69 Å². The number of fused-ring (bicyclic) bond motifs is 1. The van der Waals surface area contributed by atoms with Crippen LogP contribution in [0.5, 0.6) is 0 Å². The minimum atomic E-state index is -0.163. The van der Waals surface area contributed by atoms with Crippen molar-refractivity contribution in [2.75, 3.05) is 5.32 Å². The molecule has 1 aliphatic carbocycles. The predicted octanol–water partition coefficient (Wildman–Crippen LogP) is 3.69. The van der Waals surface area contributed by atoms with Crippen LogP contribution in [0.1, 0.15) is 56.8 Å². The predicted molar refractivity (Wildman–Crippen MR) is 129 cm³/mol.